The van der Waals surface area contributed by atoms with Crippen LogP contribution >= 0.6 is 0 Å². The van der Waals surface area contributed by atoms with E-state index in [2.05, 4.69) is 91.5 Å². The molecule has 0 amide bonds. The van der Waals surface area contributed by atoms with Crippen LogP contribution in [0.1, 0.15) is 31.8 Å². The second-order valence-electron chi connectivity index (χ2n) is 15.7. The van der Waals surface area contributed by atoms with Gasteiger partial charge in [0.2, 0.25) is 0 Å². The zero-order valence-electron chi connectivity index (χ0n) is 37.8. The van der Waals surface area contributed by atoms with Crippen molar-refractivity contribution in [3.8, 4) is 22.5 Å². The molecule has 0 saturated carbocycles. The molecule has 11 rings (SSSR count). The lowest BCUT2D eigenvalue weighted by Crippen LogP contribution is -2.17. The molecule has 0 spiro atoms. The van der Waals surface area contributed by atoms with E-state index in [4.69, 9.17) is 16.8 Å². The fourth-order valence-electron chi connectivity index (χ4n) is 8.89. The molecule has 9 aromatic carbocycles. The van der Waals surface area contributed by atoms with Crippen LogP contribution in [0.15, 0.2) is 200 Å². The first kappa shape index (κ1) is 30.4. The molecular weight excluding hydrogens is 736 g/mol. The third-order valence-electron chi connectivity index (χ3n) is 11.8. The van der Waals surface area contributed by atoms with Gasteiger partial charge >= 0.3 is 0 Å². The summed E-state index contributed by atoms with van der Waals surface area (Å²) in [5.41, 5.74) is 8.74. The summed E-state index contributed by atoms with van der Waals surface area (Å²) in [6, 6.07) is 50.1. The summed E-state index contributed by atoms with van der Waals surface area (Å²) in [6.45, 7) is 4.48. The Morgan fingerprint density at radius 1 is 0.500 bits per heavy atom. The quantitative estimate of drug-likeness (QED) is 0.161. The summed E-state index contributed by atoms with van der Waals surface area (Å²) in [4.78, 5) is 13.6. The predicted octanol–water partition coefficient (Wildman–Crippen LogP) is 15.0. The highest BCUT2D eigenvalue weighted by molar-refractivity contribution is 6.10. The Labute approximate surface area is 355 Å². The molecule has 1 heterocycles. The van der Waals surface area contributed by atoms with Crippen LogP contribution in [0.5, 0.6) is 0 Å². The van der Waals surface area contributed by atoms with E-state index >= 15 is 0 Å². The molecular formula is C55H39FN4. The van der Waals surface area contributed by atoms with Gasteiger partial charge in [0.05, 0.1) is 30.6 Å². The summed E-state index contributed by atoms with van der Waals surface area (Å²) in [5.74, 6) is 0.181. The highest BCUT2D eigenvalue weighted by atomic mass is 19.1. The van der Waals surface area contributed by atoms with E-state index < -0.39 is 23.5 Å². The maximum Gasteiger partial charge on any atom is 0.159 e. The number of fused-ring (bicyclic) bond motifs is 7. The second-order valence-corrected chi connectivity index (χ2v) is 15.7. The summed E-state index contributed by atoms with van der Waals surface area (Å²) in [7, 11) is 0. The molecule has 0 radical (unpaired) electrons. The first-order valence-corrected chi connectivity index (χ1v) is 19.9. The van der Waals surface area contributed by atoms with Crippen LogP contribution in [0.3, 0.4) is 0 Å². The number of para-hydroxylation sites is 1. The molecule has 0 unspecified atom stereocenters. The number of halogens is 1. The van der Waals surface area contributed by atoms with Gasteiger partial charge in [0.25, 0.3) is 0 Å². The molecule has 0 saturated heterocycles. The number of rotatable bonds is 7. The lowest BCUT2D eigenvalue weighted by molar-refractivity contribution is 0.628. The average molecular weight is 780 g/mol. The Balaban J connectivity index is 1.02. The SMILES string of the molecule is [2H]c1c([2H])c([2H])c(N(c2cnc(-c3ccc4c(c3)C(C)(C)c3cc(N(c5ccc(F)cc5)c5ccc6ccccc6c5)c5ccccc5c3-4)nc2)c2ccc3ccccc3c2)c([2H])c1[2H]. The van der Waals surface area contributed by atoms with E-state index in [1.165, 1.54) is 12.1 Å². The van der Waals surface area contributed by atoms with Crippen LogP contribution in [0.2, 0.25) is 0 Å². The molecule has 4 nitrogen and oxygen atoms in total. The number of aromatic nitrogens is 2. The monoisotopic (exact) mass is 779 g/mol. The molecule has 10 aromatic rings. The lowest BCUT2D eigenvalue weighted by atomic mass is 9.81. The van der Waals surface area contributed by atoms with Crippen molar-refractivity contribution < 1.29 is 11.2 Å². The minimum absolute atomic E-state index is 0.00452. The zero-order valence-corrected chi connectivity index (χ0v) is 32.8. The van der Waals surface area contributed by atoms with E-state index in [0.717, 1.165) is 77.2 Å². The van der Waals surface area contributed by atoms with Gasteiger partial charge in [-0.15, -0.1) is 0 Å². The van der Waals surface area contributed by atoms with Gasteiger partial charge in [0.1, 0.15) is 5.82 Å². The predicted molar refractivity (Wildman–Crippen MR) is 247 cm³/mol. The lowest BCUT2D eigenvalue weighted by Gasteiger charge is -2.30. The van der Waals surface area contributed by atoms with Gasteiger partial charge in [-0.3, -0.25) is 0 Å². The van der Waals surface area contributed by atoms with Gasteiger partial charge in [-0.25, -0.2) is 14.4 Å². The van der Waals surface area contributed by atoms with Crippen molar-refractivity contribution in [2.24, 2.45) is 0 Å². The fraction of sp³-hybridized carbons (Fsp3) is 0.0545. The molecule has 1 aliphatic rings. The van der Waals surface area contributed by atoms with E-state index in [1.807, 2.05) is 72.8 Å². The van der Waals surface area contributed by atoms with Crippen molar-refractivity contribution in [1.82, 2.24) is 9.97 Å². The van der Waals surface area contributed by atoms with Gasteiger partial charge in [0, 0.05) is 39.1 Å². The molecule has 0 fully saturated rings. The largest absolute Gasteiger partial charge is 0.310 e. The van der Waals surface area contributed by atoms with Crippen LogP contribution in [0, 0.1) is 5.82 Å². The Hall–Kier alpha value is -7.63. The molecule has 0 aliphatic heterocycles. The van der Waals surface area contributed by atoms with Crippen LogP contribution in [0.4, 0.5) is 38.5 Å². The Morgan fingerprint density at radius 2 is 1.08 bits per heavy atom. The number of hydrogen-bond acceptors (Lipinski definition) is 4. The van der Waals surface area contributed by atoms with Crippen molar-refractivity contribution in [2.75, 3.05) is 9.80 Å². The van der Waals surface area contributed by atoms with E-state index in [-0.39, 0.29) is 23.6 Å². The normalized spacial score (nSPS) is 13.9. The molecule has 60 heavy (non-hydrogen) atoms. The molecule has 1 aliphatic carbocycles. The highest BCUT2D eigenvalue weighted by Crippen LogP contribution is 2.55. The number of anilines is 6. The number of nitrogens with zero attached hydrogens (tertiary/aromatic N) is 4. The molecule has 0 N–H and O–H groups in total. The van der Waals surface area contributed by atoms with E-state index in [1.54, 1.807) is 17.3 Å². The van der Waals surface area contributed by atoms with E-state index in [9.17, 15) is 4.39 Å². The summed E-state index contributed by atoms with van der Waals surface area (Å²) in [6.07, 6.45) is 3.28. The summed E-state index contributed by atoms with van der Waals surface area (Å²) < 4.78 is 57.5. The van der Waals surface area contributed by atoms with Gasteiger partial charge in [-0.05, 0) is 122 Å². The maximum absolute atomic E-state index is 14.5. The van der Waals surface area contributed by atoms with Crippen molar-refractivity contribution in [2.45, 2.75) is 19.3 Å². The van der Waals surface area contributed by atoms with Crippen LogP contribution in [-0.4, -0.2) is 9.97 Å². The Kier molecular flexibility index (Phi) is 7.12. The Bertz CT molecular complexity index is 3530. The average Bonchev–Trinajstić information content (AvgIpc) is 3.57. The molecule has 1 aromatic heterocycles. The third-order valence-corrected chi connectivity index (χ3v) is 11.8. The summed E-state index contributed by atoms with van der Waals surface area (Å²) >= 11 is 0. The third kappa shape index (κ3) is 5.89. The highest BCUT2D eigenvalue weighted by Gasteiger charge is 2.38. The van der Waals surface area contributed by atoms with Crippen molar-refractivity contribution in [1.29, 1.82) is 0 Å². The fourth-order valence-corrected chi connectivity index (χ4v) is 8.89. The van der Waals surface area contributed by atoms with Gasteiger partial charge in [-0.1, -0.05) is 129 Å². The Morgan fingerprint density at radius 3 is 1.75 bits per heavy atom. The first-order valence-electron chi connectivity index (χ1n) is 22.4. The van der Waals surface area contributed by atoms with Crippen LogP contribution < -0.4 is 9.80 Å². The number of benzene rings is 9. The van der Waals surface area contributed by atoms with Crippen molar-refractivity contribution in [3.63, 3.8) is 0 Å². The van der Waals surface area contributed by atoms with Crippen LogP contribution in [0.25, 0.3) is 54.8 Å². The minimum atomic E-state index is -0.463. The van der Waals surface area contributed by atoms with Gasteiger partial charge < -0.3 is 9.80 Å². The maximum atomic E-state index is 14.5. The molecule has 0 bridgehead atoms. The van der Waals surface area contributed by atoms with Crippen molar-refractivity contribution in [3.05, 3.63) is 217 Å². The zero-order chi connectivity index (χ0) is 44.7. The smallest absolute Gasteiger partial charge is 0.159 e. The molecule has 0 atom stereocenters. The topological polar surface area (TPSA) is 32.3 Å². The second kappa shape index (κ2) is 14.0. The summed E-state index contributed by atoms with van der Waals surface area (Å²) in [5, 5.41) is 6.34. The van der Waals surface area contributed by atoms with Gasteiger partial charge in [-0.2, -0.15) is 0 Å². The first-order chi connectivity index (χ1) is 31.5. The van der Waals surface area contributed by atoms with Crippen LogP contribution in [-0.2, 0) is 5.41 Å². The molecule has 5 heteroatoms. The molecule has 286 valence electrons. The van der Waals surface area contributed by atoms with Crippen molar-refractivity contribution >= 4 is 66.4 Å². The minimum Gasteiger partial charge on any atom is -0.310 e. The van der Waals surface area contributed by atoms with E-state index in [0.29, 0.717) is 17.2 Å². The number of hydrogen-bond donors (Lipinski definition) is 0. The van der Waals surface area contributed by atoms with Gasteiger partial charge in [0.15, 0.2) is 5.82 Å². The standard InChI is InChI=1S/C55H39FN4/c1-55(2)50-32-40(54-57-34-46(35-58-54)59(42-16-4-3-5-17-42)44-25-20-36-12-6-8-14-38(36)30-44)22-29-49(50)53-48-19-11-10-18-47(48)52(33-51(53)55)60(43-27-23-41(56)24-28-43)45-26-21-37-13-7-9-15-39(37)31-45/h3-35H,1-2H3/i3D,4D,5D,16D,17D.